The molecule has 39 heavy (non-hydrogen) atoms. The van der Waals surface area contributed by atoms with Gasteiger partial charge in [-0.25, -0.2) is 4.39 Å². The number of aromatic nitrogens is 2. The number of amides is 1. The molecule has 2 heterocycles. The van der Waals surface area contributed by atoms with Crippen LogP contribution in [0.2, 0.25) is 5.02 Å². The molecule has 1 N–H and O–H groups in total. The number of nitrogens with zero attached hydrogens (tertiary/aromatic N) is 4. The maximum atomic E-state index is 14.0. The number of aliphatic hydroxyl groups excluding tert-OH is 1. The summed E-state index contributed by atoms with van der Waals surface area (Å²) in [5, 5.41) is 31.2. The highest BCUT2D eigenvalue weighted by Gasteiger charge is 2.48. The van der Waals surface area contributed by atoms with Crippen molar-refractivity contribution in [2.75, 3.05) is 4.90 Å². The van der Waals surface area contributed by atoms with Gasteiger partial charge in [0, 0.05) is 28.5 Å². The molecule has 1 aliphatic heterocycles. The summed E-state index contributed by atoms with van der Waals surface area (Å²) in [5.41, 5.74) is 0.377. The Balaban J connectivity index is 1.57. The van der Waals surface area contributed by atoms with E-state index in [0.717, 1.165) is 16.2 Å². The van der Waals surface area contributed by atoms with Crippen LogP contribution in [0.25, 0.3) is 5.76 Å². The highest BCUT2D eigenvalue weighted by Crippen LogP contribution is 2.44. The first kappa shape index (κ1) is 26.5. The molecule has 1 aromatic heterocycles. The molecule has 1 saturated heterocycles. The predicted molar refractivity (Wildman–Crippen MR) is 145 cm³/mol. The van der Waals surface area contributed by atoms with Gasteiger partial charge in [-0.15, -0.1) is 10.2 Å². The number of aliphatic hydroxyl groups is 1. The van der Waals surface area contributed by atoms with Crippen LogP contribution in [-0.4, -0.2) is 31.9 Å². The molecule has 1 atom stereocenters. The second-order valence-corrected chi connectivity index (χ2v) is 10.9. The van der Waals surface area contributed by atoms with E-state index < -0.39 is 28.4 Å². The first-order chi connectivity index (χ1) is 18.7. The van der Waals surface area contributed by atoms with Crippen molar-refractivity contribution in [1.29, 1.82) is 0 Å². The lowest BCUT2D eigenvalue weighted by Gasteiger charge is -2.22. The molecule has 196 valence electrons. The van der Waals surface area contributed by atoms with Crippen molar-refractivity contribution in [2.45, 2.75) is 16.1 Å². The Hall–Kier alpha value is -4.13. The number of carbonyl (C=O) groups excluding carboxylic acids is 2. The zero-order chi connectivity index (χ0) is 27.7. The summed E-state index contributed by atoms with van der Waals surface area (Å²) in [6.45, 7) is 0. The Bertz CT molecular complexity index is 1640. The molecule has 0 bridgehead atoms. The number of Topliss-reactive ketones (excluding diaryl/α,β-unsaturated/α-hetero) is 1. The van der Waals surface area contributed by atoms with Crippen LogP contribution in [0.3, 0.4) is 0 Å². The molecular formula is C26H16ClFN4O5S2. The molecule has 5 rings (SSSR count). The lowest BCUT2D eigenvalue weighted by Crippen LogP contribution is -2.29. The summed E-state index contributed by atoms with van der Waals surface area (Å²) in [6.07, 6.45) is 0. The number of ketones is 1. The van der Waals surface area contributed by atoms with Gasteiger partial charge in [0.25, 0.3) is 11.5 Å². The Morgan fingerprint density at radius 2 is 1.85 bits per heavy atom. The van der Waals surface area contributed by atoms with E-state index in [4.69, 9.17) is 11.6 Å². The summed E-state index contributed by atoms with van der Waals surface area (Å²) >= 11 is 8.14. The van der Waals surface area contributed by atoms with Crippen molar-refractivity contribution >= 4 is 63.0 Å². The molecule has 4 aromatic rings. The second-order valence-electron chi connectivity index (χ2n) is 8.26. The number of carbonyl (C=O) groups is 2. The first-order valence-electron chi connectivity index (χ1n) is 11.3. The lowest BCUT2D eigenvalue weighted by atomic mass is 9.95. The average molecular weight is 583 g/mol. The Morgan fingerprint density at radius 3 is 2.56 bits per heavy atom. The van der Waals surface area contributed by atoms with Gasteiger partial charge in [-0.3, -0.25) is 24.6 Å². The smallest absolute Gasteiger partial charge is 0.301 e. The van der Waals surface area contributed by atoms with Crippen molar-refractivity contribution in [2.24, 2.45) is 0 Å². The number of non-ortho nitro benzene ring substituents is 1. The van der Waals surface area contributed by atoms with Gasteiger partial charge in [-0.1, -0.05) is 65.0 Å². The molecular weight excluding hydrogens is 567 g/mol. The van der Waals surface area contributed by atoms with Crippen LogP contribution >= 0.6 is 34.7 Å². The van der Waals surface area contributed by atoms with Crippen molar-refractivity contribution < 1.29 is 24.0 Å². The second kappa shape index (κ2) is 10.9. The zero-order valence-electron chi connectivity index (χ0n) is 19.7. The van der Waals surface area contributed by atoms with Gasteiger partial charge in [0.2, 0.25) is 5.13 Å². The number of nitro benzene ring substituents is 1. The van der Waals surface area contributed by atoms with Gasteiger partial charge in [0.15, 0.2) is 4.34 Å². The molecule has 0 spiro atoms. The summed E-state index contributed by atoms with van der Waals surface area (Å²) in [5.74, 6) is -2.56. The third-order valence-electron chi connectivity index (χ3n) is 5.87. The minimum atomic E-state index is -1.22. The van der Waals surface area contributed by atoms with Crippen molar-refractivity contribution in [1.82, 2.24) is 10.2 Å². The summed E-state index contributed by atoms with van der Waals surface area (Å²) < 4.78 is 14.4. The normalized spacial score (nSPS) is 16.6. The average Bonchev–Trinajstić information content (AvgIpc) is 3.50. The molecule has 1 aliphatic rings. The highest BCUT2D eigenvalue weighted by atomic mass is 35.5. The van der Waals surface area contributed by atoms with Crippen LogP contribution in [0.15, 0.2) is 82.7 Å². The maximum Gasteiger partial charge on any atom is 0.301 e. The van der Waals surface area contributed by atoms with E-state index in [-0.39, 0.29) is 39.1 Å². The van der Waals surface area contributed by atoms with E-state index in [1.165, 1.54) is 66.4 Å². The van der Waals surface area contributed by atoms with Crippen LogP contribution in [-0.2, 0) is 15.3 Å². The fourth-order valence-corrected chi connectivity index (χ4v) is 6.01. The molecule has 13 heteroatoms. The largest absolute Gasteiger partial charge is 0.507 e. The molecule has 0 aliphatic carbocycles. The molecule has 0 saturated carbocycles. The number of nitro groups is 1. The molecule has 1 amide bonds. The number of hydrogen-bond acceptors (Lipinski definition) is 9. The van der Waals surface area contributed by atoms with Crippen molar-refractivity contribution in [3.8, 4) is 0 Å². The van der Waals surface area contributed by atoms with Crippen molar-refractivity contribution in [3.63, 3.8) is 0 Å². The number of benzene rings is 3. The van der Waals surface area contributed by atoms with Gasteiger partial charge < -0.3 is 5.11 Å². The fourth-order valence-electron chi connectivity index (χ4n) is 4.03. The fraction of sp³-hybridized carbons (Fsp3) is 0.0769. The molecule has 1 fully saturated rings. The van der Waals surface area contributed by atoms with E-state index >= 15 is 0 Å². The summed E-state index contributed by atoms with van der Waals surface area (Å²) in [4.78, 5) is 38.5. The summed E-state index contributed by atoms with van der Waals surface area (Å²) in [6, 6.07) is 16.5. The third-order valence-corrected chi connectivity index (χ3v) is 8.23. The van der Waals surface area contributed by atoms with Gasteiger partial charge in [-0.2, -0.15) is 0 Å². The van der Waals surface area contributed by atoms with E-state index in [9.17, 15) is 29.2 Å². The molecule has 1 unspecified atom stereocenters. The standard InChI is InChI=1S/C26H16ClFN4O5S2/c27-17-10-8-14(9-11-17)22(33)20-21(15-5-3-6-18(12-15)32(36)37)31(24(35)23(20)34)25-29-30-26(39-25)38-13-16-4-1-2-7-19(16)28/h1-12,21,33H,13H2/b22-20-. The monoisotopic (exact) mass is 582 g/mol. The SMILES string of the molecule is O=C1C(=O)N(c2nnc(SCc3ccccc3F)s2)C(c2cccc([N+](=O)[O-])c2)/C1=C(/O)c1ccc(Cl)cc1. The predicted octanol–water partition coefficient (Wildman–Crippen LogP) is 6.16. The Labute approximate surface area is 233 Å². The van der Waals surface area contributed by atoms with Crippen LogP contribution in [0, 0.1) is 15.9 Å². The number of hydrogen-bond donors (Lipinski definition) is 1. The van der Waals surface area contributed by atoms with Crippen molar-refractivity contribution in [3.05, 3.63) is 116 Å². The first-order valence-corrected chi connectivity index (χ1v) is 13.4. The minimum Gasteiger partial charge on any atom is -0.507 e. The maximum absolute atomic E-state index is 14.0. The molecule has 3 aromatic carbocycles. The van der Waals surface area contributed by atoms with Crippen LogP contribution < -0.4 is 4.90 Å². The number of rotatable bonds is 7. The van der Waals surface area contributed by atoms with Crippen LogP contribution in [0.5, 0.6) is 0 Å². The van der Waals surface area contributed by atoms with Gasteiger partial charge >= 0.3 is 5.91 Å². The van der Waals surface area contributed by atoms with E-state index in [0.29, 0.717) is 14.9 Å². The number of thioether (sulfide) groups is 1. The Kier molecular flexibility index (Phi) is 7.42. The van der Waals surface area contributed by atoms with E-state index in [1.54, 1.807) is 18.2 Å². The van der Waals surface area contributed by atoms with Gasteiger partial charge in [0.05, 0.1) is 16.5 Å². The topological polar surface area (TPSA) is 127 Å². The van der Waals surface area contributed by atoms with E-state index in [2.05, 4.69) is 10.2 Å². The molecule has 9 nitrogen and oxygen atoms in total. The van der Waals surface area contributed by atoms with Gasteiger partial charge in [-0.05, 0) is 41.5 Å². The number of halogens is 2. The lowest BCUT2D eigenvalue weighted by molar-refractivity contribution is -0.384. The summed E-state index contributed by atoms with van der Waals surface area (Å²) in [7, 11) is 0. The Morgan fingerprint density at radius 1 is 1.10 bits per heavy atom. The third kappa shape index (κ3) is 5.26. The highest BCUT2D eigenvalue weighted by molar-refractivity contribution is 8.00. The zero-order valence-corrected chi connectivity index (χ0v) is 22.0. The quantitative estimate of drug-likeness (QED) is 0.0522. The van der Waals surface area contributed by atoms with Gasteiger partial charge in [0.1, 0.15) is 11.6 Å². The van der Waals surface area contributed by atoms with E-state index in [1.807, 2.05) is 0 Å². The van der Waals surface area contributed by atoms with Crippen LogP contribution in [0.4, 0.5) is 15.2 Å². The molecule has 0 radical (unpaired) electrons. The number of anilines is 1. The van der Waals surface area contributed by atoms with Crippen LogP contribution in [0.1, 0.15) is 22.7 Å². The minimum absolute atomic E-state index is 0.0415.